The van der Waals surface area contributed by atoms with Crippen molar-refractivity contribution in [2.45, 2.75) is 277 Å². The van der Waals surface area contributed by atoms with Crippen LogP contribution in [0.15, 0.2) is 72.9 Å². The largest absolute Gasteiger partial charge is 0.462 e. The minimum Gasteiger partial charge on any atom is -0.462 e. The van der Waals surface area contributed by atoms with E-state index in [1.54, 1.807) is 0 Å². The lowest BCUT2D eigenvalue weighted by atomic mass is 10.0. The van der Waals surface area contributed by atoms with Gasteiger partial charge in [-0.05, 0) is 70.6 Å². The molecule has 0 fully saturated rings. The number of hydrogen-bond acceptors (Lipinski definition) is 6. The van der Waals surface area contributed by atoms with E-state index in [-0.39, 0.29) is 31.1 Å². The van der Waals surface area contributed by atoms with Crippen molar-refractivity contribution >= 4 is 17.9 Å². The molecule has 0 aliphatic heterocycles. The molecular weight excluding hydrogens is 817 g/mol. The fourth-order valence-electron chi connectivity index (χ4n) is 7.80. The van der Waals surface area contributed by atoms with Crippen LogP contribution in [0.4, 0.5) is 0 Å². The maximum Gasteiger partial charge on any atom is 0.306 e. The van der Waals surface area contributed by atoms with Crippen LogP contribution in [0.5, 0.6) is 0 Å². The maximum atomic E-state index is 12.8. The van der Waals surface area contributed by atoms with E-state index in [1.165, 1.54) is 135 Å². The second-order valence-electron chi connectivity index (χ2n) is 18.5. The molecule has 0 spiro atoms. The topological polar surface area (TPSA) is 78.9 Å². The smallest absolute Gasteiger partial charge is 0.306 e. The molecular formula is C60H104O6. The van der Waals surface area contributed by atoms with Gasteiger partial charge < -0.3 is 14.2 Å². The minimum absolute atomic E-state index is 0.0870. The monoisotopic (exact) mass is 921 g/mol. The Morgan fingerprint density at radius 3 is 0.924 bits per heavy atom. The molecule has 0 rings (SSSR count). The zero-order valence-electron chi connectivity index (χ0n) is 43.4. The summed E-state index contributed by atoms with van der Waals surface area (Å²) in [5, 5.41) is 0. The number of rotatable bonds is 50. The van der Waals surface area contributed by atoms with Gasteiger partial charge >= 0.3 is 17.9 Å². The molecule has 0 aromatic carbocycles. The van der Waals surface area contributed by atoms with Gasteiger partial charge in [-0.1, -0.05) is 254 Å². The molecule has 6 heteroatoms. The number of carbonyl (C=O) groups is 3. The Bertz CT molecular complexity index is 1240. The number of esters is 3. The van der Waals surface area contributed by atoms with E-state index in [9.17, 15) is 14.4 Å². The molecule has 0 aliphatic carbocycles. The summed E-state index contributed by atoms with van der Waals surface area (Å²) in [7, 11) is 0. The van der Waals surface area contributed by atoms with Gasteiger partial charge in [-0.25, -0.2) is 0 Å². The normalized spacial score (nSPS) is 12.6. The number of allylic oxidation sites excluding steroid dienone is 12. The van der Waals surface area contributed by atoms with Crippen molar-refractivity contribution in [3.8, 4) is 0 Å². The molecule has 0 radical (unpaired) electrons. The number of unbranched alkanes of at least 4 members (excludes halogenated alkanes) is 27. The van der Waals surface area contributed by atoms with Crippen LogP contribution in [-0.4, -0.2) is 37.2 Å². The highest BCUT2D eigenvalue weighted by Crippen LogP contribution is 2.16. The van der Waals surface area contributed by atoms with Crippen molar-refractivity contribution in [2.24, 2.45) is 0 Å². The average Bonchev–Trinajstić information content (AvgIpc) is 3.31. The Balaban J connectivity index is 4.28. The Hall–Kier alpha value is -3.15. The van der Waals surface area contributed by atoms with Crippen molar-refractivity contribution in [1.29, 1.82) is 0 Å². The number of carbonyl (C=O) groups excluding carboxylic acids is 3. The first-order valence-electron chi connectivity index (χ1n) is 27.9. The van der Waals surface area contributed by atoms with Crippen LogP contribution in [0.1, 0.15) is 271 Å². The van der Waals surface area contributed by atoms with Gasteiger partial charge in [-0.3, -0.25) is 14.4 Å². The molecule has 0 aromatic heterocycles. The lowest BCUT2D eigenvalue weighted by Gasteiger charge is -2.18. The van der Waals surface area contributed by atoms with E-state index in [2.05, 4.69) is 93.7 Å². The van der Waals surface area contributed by atoms with Gasteiger partial charge in [0.05, 0.1) is 0 Å². The Morgan fingerprint density at radius 1 is 0.318 bits per heavy atom. The molecule has 6 nitrogen and oxygen atoms in total. The van der Waals surface area contributed by atoms with E-state index in [4.69, 9.17) is 14.2 Å². The van der Waals surface area contributed by atoms with Gasteiger partial charge in [0.25, 0.3) is 0 Å². The van der Waals surface area contributed by atoms with E-state index in [0.717, 1.165) is 96.3 Å². The highest BCUT2D eigenvalue weighted by Gasteiger charge is 2.19. The summed E-state index contributed by atoms with van der Waals surface area (Å²) in [6.07, 6.45) is 69.2. The van der Waals surface area contributed by atoms with Crippen molar-refractivity contribution < 1.29 is 28.6 Å². The van der Waals surface area contributed by atoms with Gasteiger partial charge in [0.1, 0.15) is 13.2 Å². The van der Waals surface area contributed by atoms with Crippen LogP contribution >= 0.6 is 0 Å². The summed E-state index contributed by atoms with van der Waals surface area (Å²) in [4.78, 5) is 37.9. The minimum atomic E-state index is -0.788. The maximum absolute atomic E-state index is 12.8. The summed E-state index contributed by atoms with van der Waals surface area (Å²) in [6, 6.07) is 0. The summed E-state index contributed by atoms with van der Waals surface area (Å²) < 4.78 is 16.7. The molecule has 0 aromatic rings. The Labute approximate surface area is 408 Å². The average molecular weight is 921 g/mol. The van der Waals surface area contributed by atoms with E-state index in [1.807, 2.05) is 0 Å². The van der Waals surface area contributed by atoms with Gasteiger partial charge in [0.15, 0.2) is 6.10 Å². The lowest BCUT2D eigenvalue weighted by molar-refractivity contribution is -0.167. The molecule has 1 atom stereocenters. The molecule has 380 valence electrons. The third kappa shape index (κ3) is 51.8. The van der Waals surface area contributed by atoms with Crippen LogP contribution in [0, 0.1) is 0 Å². The predicted molar refractivity (Wildman–Crippen MR) is 284 cm³/mol. The Kier molecular flexibility index (Phi) is 51.9. The van der Waals surface area contributed by atoms with Gasteiger partial charge in [-0.2, -0.15) is 0 Å². The van der Waals surface area contributed by atoms with Gasteiger partial charge in [0.2, 0.25) is 0 Å². The first kappa shape index (κ1) is 62.8. The summed E-state index contributed by atoms with van der Waals surface area (Å²) in [5.74, 6) is -0.931. The third-order valence-electron chi connectivity index (χ3n) is 12.0. The second-order valence-corrected chi connectivity index (χ2v) is 18.5. The van der Waals surface area contributed by atoms with Crippen LogP contribution in [0.2, 0.25) is 0 Å². The molecule has 0 N–H and O–H groups in total. The van der Waals surface area contributed by atoms with Gasteiger partial charge in [-0.15, -0.1) is 0 Å². The summed E-state index contributed by atoms with van der Waals surface area (Å²) in [6.45, 7) is 6.47. The molecule has 0 saturated carbocycles. The zero-order valence-corrected chi connectivity index (χ0v) is 43.4. The highest BCUT2D eigenvalue weighted by molar-refractivity contribution is 5.71. The van der Waals surface area contributed by atoms with Crippen molar-refractivity contribution in [3.05, 3.63) is 72.9 Å². The molecule has 0 amide bonds. The lowest BCUT2D eigenvalue weighted by Crippen LogP contribution is -2.30. The summed E-state index contributed by atoms with van der Waals surface area (Å²) >= 11 is 0. The third-order valence-corrected chi connectivity index (χ3v) is 12.0. The SMILES string of the molecule is CC/C=C\C/C=C\C/C=C\C/C=C\C/C=C\C/C=C\CCCCC(=O)OCC(COC(=O)CCCCCCCCC)OC(=O)CCCCCCCCCCCCCCCCCCCCCC. The quantitative estimate of drug-likeness (QED) is 0.0262. The number of hydrogen-bond donors (Lipinski definition) is 0. The van der Waals surface area contributed by atoms with E-state index >= 15 is 0 Å². The molecule has 0 saturated heterocycles. The van der Waals surface area contributed by atoms with E-state index in [0.29, 0.717) is 19.3 Å². The van der Waals surface area contributed by atoms with Crippen LogP contribution in [0.3, 0.4) is 0 Å². The Morgan fingerprint density at radius 2 is 0.591 bits per heavy atom. The zero-order chi connectivity index (χ0) is 47.9. The molecule has 1 unspecified atom stereocenters. The van der Waals surface area contributed by atoms with Crippen LogP contribution < -0.4 is 0 Å². The first-order chi connectivity index (χ1) is 32.5. The van der Waals surface area contributed by atoms with Crippen LogP contribution in [0.25, 0.3) is 0 Å². The van der Waals surface area contributed by atoms with Crippen LogP contribution in [-0.2, 0) is 28.6 Å². The van der Waals surface area contributed by atoms with E-state index < -0.39 is 6.10 Å². The standard InChI is InChI=1S/C60H104O6/c1-4-7-10-13-16-18-20-22-24-26-28-30-32-33-35-37-39-41-44-47-50-53-59(62)65-56-57(55-64-58(61)52-49-46-43-15-12-9-6-3)66-60(63)54-51-48-45-42-40-38-36-34-31-29-27-25-23-21-19-17-14-11-8-5-2/h7,10,16,18,22,24,28,30,33,35,39,41,57H,4-6,8-9,11-15,17,19-21,23,25-27,29,31-32,34,36-38,40,42-56H2,1-3H3/b10-7-,18-16-,24-22-,30-28-,35-33-,41-39-. The second kappa shape index (κ2) is 54.5. The fourth-order valence-corrected chi connectivity index (χ4v) is 7.80. The van der Waals surface area contributed by atoms with Crippen molar-refractivity contribution in [2.75, 3.05) is 13.2 Å². The molecule has 0 aliphatic rings. The van der Waals surface area contributed by atoms with Gasteiger partial charge in [0, 0.05) is 19.3 Å². The highest BCUT2D eigenvalue weighted by atomic mass is 16.6. The van der Waals surface area contributed by atoms with Crippen molar-refractivity contribution in [3.63, 3.8) is 0 Å². The molecule has 0 bridgehead atoms. The predicted octanol–water partition coefficient (Wildman–Crippen LogP) is 18.6. The number of ether oxygens (including phenoxy) is 3. The fraction of sp³-hybridized carbons (Fsp3) is 0.750. The summed E-state index contributed by atoms with van der Waals surface area (Å²) in [5.41, 5.74) is 0. The first-order valence-corrected chi connectivity index (χ1v) is 27.9. The molecule has 66 heavy (non-hydrogen) atoms. The molecule has 0 heterocycles. The van der Waals surface area contributed by atoms with Crippen molar-refractivity contribution in [1.82, 2.24) is 0 Å².